The van der Waals surface area contributed by atoms with Crippen LogP contribution in [0.3, 0.4) is 0 Å². The lowest BCUT2D eigenvalue weighted by atomic mass is 9.89. The Hall–Kier alpha value is -1.82. The highest BCUT2D eigenvalue weighted by atomic mass is 35.5. The lowest BCUT2D eigenvalue weighted by Gasteiger charge is -2.39. The fourth-order valence-corrected chi connectivity index (χ4v) is 2.42. The first kappa shape index (κ1) is 17.2. The Labute approximate surface area is 129 Å². The van der Waals surface area contributed by atoms with Crippen molar-refractivity contribution in [1.82, 2.24) is 4.90 Å². The highest BCUT2D eigenvalue weighted by Gasteiger charge is 2.39. The van der Waals surface area contributed by atoms with E-state index in [0.29, 0.717) is 11.3 Å². The molecule has 4 N–H and O–H groups in total. The lowest BCUT2D eigenvalue weighted by Crippen LogP contribution is -2.54. The van der Waals surface area contributed by atoms with Crippen LogP contribution in [0.4, 0.5) is 10.1 Å². The Kier molecular flexibility index (Phi) is 4.83. The summed E-state index contributed by atoms with van der Waals surface area (Å²) in [6, 6.07) is 4.29. The number of nitrogens with two attached hydrogens (primary N) is 2. The fraction of sp³-hybridized carbons (Fsp3) is 0.429. The Morgan fingerprint density at radius 3 is 2.57 bits per heavy atom. The number of hydrogen-bond acceptors (Lipinski definition) is 4. The van der Waals surface area contributed by atoms with E-state index in [0.717, 1.165) is 0 Å². The molecule has 116 valence electrons. The number of hydrogen-bond donors (Lipinski definition) is 2. The largest absolute Gasteiger partial charge is 0.399 e. The van der Waals surface area contributed by atoms with Crippen LogP contribution in [0.5, 0.6) is 0 Å². The number of halogens is 2. The predicted octanol–water partition coefficient (Wildman–Crippen LogP) is 1.65. The van der Waals surface area contributed by atoms with Gasteiger partial charge in [-0.3, -0.25) is 9.79 Å². The van der Waals surface area contributed by atoms with Gasteiger partial charge in [0.15, 0.2) is 5.84 Å². The van der Waals surface area contributed by atoms with Crippen molar-refractivity contribution in [2.24, 2.45) is 10.7 Å². The summed E-state index contributed by atoms with van der Waals surface area (Å²) in [5.41, 5.74) is 11.3. The van der Waals surface area contributed by atoms with Crippen molar-refractivity contribution in [2.75, 3.05) is 12.3 Å². The van der Waals surface area contributed by atoms with Crippen molar-refractivity contribution in [1.29, 1.82) is 0 Å². The molecule has 5 nitrogen and oxygen atoms in total. The number of rotatable bonds is 2. The molecule has 0 spiro atoms. The van der Waals surface area contributed by atoms with Crippen LogP contribution in [0.1, 0.15) is 26.3 Å². The van der Waals surface area contributed by atoms with E-state index < -0.39 is 11.4 Å². The van der Waals surface area contributed by atoms with Gasteiger partial charge in [0, 0.05) is 17.3 Å². The second-order valence-corrected chi connectivity index (χ2v) is 5.54. The molecular formula is C14H20ClFN4O. The first-order chi connectivity index (χ1) is 9.24. The third-order valence-electron chi connectivity index (χ3n) is 3.52. The molecule has 7 heteroatoms. The molecule has 0 aliphatic carbocycles. The Morgan fingerprint density at radius 1 is 1.38 bits per heavy atom. The van der Waals surface area contributed by atoms with Crippen LogP contribution in [-0.2, 0) is 10.3 Å². The van der Waals surface area contributed by atoms with E-state index in [1.165, 1.54) is 12.1 Å². The van der Waals surface area contributed by atoms with Gasteiger partial charge in [0.2, 0.25) is 0 Å². The molecular weight excluding hydrogens is 295 g/mol. The van der Waals surface area contributed by atoms with Crippen LogP contribution in [0.25, 0.3) is 0 Å². The molecule has 1 atom stereocenters. The van der Waals surface area contributed by atoms with Gasteiger partial charge >= 0.3 is 0 Å². The molecule has 2 rings (SSSR count). The smallest absolute Gasteiger partial charge is 0.289 e. The first-order valence-corrected chi connectivity index (χ1v) is 6.46. The highest BCUT2D eigenvalue weighted by molar-refractivity contribution is 6.37. The quantitative estimate of drug-likeness (QED) is 0.814. The number of aliphatic imine (C=N–C) groups is 1. The van der Waals surface area contributed by atoms with Crippen LogP contribution < -0.4 is 11.5 Å². The standard InChI is InChI=1S/C14H19FN4O.ClH/c1-8(2)19-7-14(3,18-12(17)13(19)20)10-6-9(16)4-5-11(10)15;/h4-6,8H,7,16H2,1-3H3,(H2,17,18);1H. The summed E-state index contributed by atoms with van der Waals surface area (Å²) >= 11 is 0. The van der Waals surface area contributed by atoms with Crippen LogP contribution in [0, 0.1) is 5.82 Å². The molecule has 1 aromatic rings. The minimum absolute atomic E-state index is 0. The summed E-state index contributed by atoms with van der Waals surface area (Å²) in [7, 11) is 0. The molecule has 1 unspecified atom stereocenters. The topological polar surface area (TPSA) is 84.7 Å². The Morgan fingerprint density at radius 2 is 2.00 bits per heavy atom. The van der Waals surface area contributed by atoms with Crippen molar-refractivity contribution in [3.63, 3.8) is 0 Å². The summed E-state index contributed by atoms with van der Waals surface area (Å²) in [6.07, 6.45) is 0. The maximum absolute atomic E-state index is 14.1. The van der Waals surface area contributed by atoms with E-state index in [-0.39, 0.29) is 36.7 Å². The molecule has 1 aromatic carbocycles. The van der Waals surface area contributed by atoms with E-state index in [2.05, 4.69) is 4.99 Å². The second-order valence-electron chi connectivity index (χ2n) is 5.54. The molecule has 21 heavy (non-hydrogen) atoms. The van der Waals surface area contributed by atoms with Crippen molar-refractivity contribution in [3.8, 4) is 0 Å². The van der Waals surface area contributed by atoms with Gasteiger partial charge in [-0.15, -0.1) is 12.4 Å². The minimum atomic E-state index is -0.929. The van der Waals surface area contributed by atoms with E-state index in [1.54, 1.807) is 17.9 Å². The highest BCUT2D eigenvalue weighted by Crippen LogP contribution is 2.33. The number of carbonyl (C=O) groups excluding carboxylic acids is 1. The maximum atomic E-state index is 14.1. The fourth-order valence-electron chi connectivity index (χ4n) is 2.42. The summed E-state index contributed by atoms with van der Waals surface area (Å²) in [5.74, 6) is -0.827. The van der Waals surface area contributed by atoms with Gasteiger partial charge in [0.05, 0.1) is 6.54 Å². The Bertz CT molecular complexity index is 590. The van der Waals surface area contributed by atoms with Gasteiger partial charge < -0.3 is 16.4 Å². The Balaban J connectivity index is 0.00000220. The molecule has 1 heterocycles. The number of carbonyl (C=O) groups is 1. The van der Waals surface area contributed by atoms with E-state index in [1.807, 2.05) is 13.8 Å². The van der Waals surface area contributed by atoms with E-state index in [9.17, 15) is 9.18 Å². The van der Waals surface area contributed by atoms with Crippen LogP contribution in [0.15, 0.2) is 23.2 Å². The molecule has 0 bridgehead atoms. The summed E-state index contributed by atoms with van der Waals surface area (Å²) < 4.78 is 14.1. The summed E-state index contributed by atoms with van der Waals surface area (Å²) in [5, 5.41) is 0. The number of amidine groups is 1. The zero-order chi connectivity index (χ0) is 15.1. The summed E-state index contributed by atoms with van der Waals surface area (Å²) in [6.45, 7) is 5.78. The average Bonchev–Trinajstić information content (AvgIpc) is 2.36. The van der Waals surface area contributed by atoms with Gasteiger partial charge in [0.1, 0.15) is 11.4 Å². The molecule has 0 saturated carbocycles. The molecule has 1 aliphatic heterocycles. The molecule has 0 saturated heterocycles. The summed E-state index contributed by atoms with van der Waals surface area (Å²) in [4.78, 5) is 17.8. The third-order valence-corrected chi connectivity index (χ3v) is 3.52. The van der Waals surface area contributed by atoms with E-state index >= 15 is 0 Å². The number of amides is 1. The number of nitrogen functional groups attached to an aromatic ring is 1. The predicted molar refractivity (Wildman–Crippen MR) is 83.9 cm³/mol. The lowest BCUT2D eigenvalue weighted by molar-refractivity contribution is -0.127. The monoisotopic (exact) mass is 314 g/mol. The normalized spacial score (nSPS) is 22.0. The minimum Gasteiger partial charge on any atom is -0.399 e. The van der Waals surface area contributed by atoms with Gasteiger partial charge in [-0.1, -0.05) is 0 Å². The molecule has 0 aromatic heterocycles. The first-order valence-electron chi connectivity index (χ1n) is 6.46. The maximum Gasteiger partial charge on any atom is 0.289 e. The molecule has 1 aliphatic rings. The van der Waals surface area contributed by atoms with Crippen molar-refractivity contribution < 1.29 is 9.18 Å². The number of anilines is 1. The molecule has 0 fully saturated rings. The van der Waals surface area contributed by atoms with Gasteiger partial charge in [-0.2, -0.15) is 0 Å². The van der Waals surface area contributed by atoms with Gasteiger partial charge in [0.25, 0.3) is 5.91 Å². The third kappa shape index (κ3) is 3.10. The zero-order valence-electron chi connectivity index (χ0n) is 12.3. The van der Waals surface area contributed by atoms with Crippen molar-refractivity contribution in [3.05, 3.63) is 29.6 Å². The second kappa shape index (κ2) is 5.89. The van der Waals surface area contributed by atoms with Crippen LogP contribution in [0.2, 0.25) is 0 Å². The van der Waals surface area contributed by atoms with Crippen molar-refractivity contribution in [2.45, 2.75) is 32.4 Å². The van der Waals surface area contributed by atoms with Crippen molar-refractivity contribution >= 4 is 29.8 Å². The van der Waals surface area contributed by atoms with Gasteiger partial charge in [-0.25, -0.2) is 4.39 Å². The zero-order valence-corrected chi connectivity index (χ0v) is 13.1. The number of nitrogens with zero attached hydrogens (tertiary/aromatic N) is 2. The average molecular weight is 315 g/mol. The van der Waals surface area contributed by atoms with Crippen LogP contribution >= 0.6 is 12.4 Å². The molecule has 0 radical (unpaired) electrons. The van der Waals surface area contributed by atoms with E-state index in [4.69, 9.17) is 11.5 Å². The number of benzene rings is 1. The van der Waals surface area contributed by atoms with Gasteiger partial charge in [-0.05, 0) is 39.0 Å². The molecule has 1 amide bonds. The SMILES string of the molecule is CC(C)N1CC(C)(c2cc(N)ccc2F)N=C(N)C1=O.Cl. The van der Waals surface area contributed by atoms with Crippen LogP contribution in [-0.4, -0.2) is 29.2 Å².